The number of rotatable bonds is 2. The zero-order chi connectivity index (χ0) is 19.6. The summed E-state index contributed by atoms with van der Waals surface area (Å²) < 4.78 is 5.74. The summed E-state index contributed by atoms with van der Waals surface area (Å²) in [5, 5.41) is 0. The van der Waals surface area contributed by atoms with Crippen LogP contribution in [0.4, 0.5) is 0 Å². The lowest BCUT2D eigenvalue weighted by Gasteiger charge is -2.50. The third kappa shape index (κ3) is 1.60. The molecule has 2 aliphatic heterocycles. The average molecular weight is 376 g/mol. The Bertz CT molecular complexity index is 1030. The van der Waals surface area contributed by atoms with Gasteiger partial charge < -0.3 is 0 Å². The molecule has 4 atom stereocenters. The first-order valence-corrected chi connectivity index (χ1v) is 11.6. The van der Waals surface area contributed by atoms with Gasteiger partial charge in [-0.05, 0) is 64.0 Å². The Morgan fingerprint density at radius 3 is 2.50 bits per heavy atom. The summed E-state index contributed by atoms with van der Waals surface area (Å²) in [6.45, 7) is 14.9. The van der Waals surface area contributed by atoms with Crippen LogP contribution >= 0.6 is 0 Å². The number of fused-ring (bicyclic) bond motifs is 7. The van der Waals surface area contributed by atoms with Crippen molar-refractivity contribution < 1.29 is 4.57 Å². The molecule has 6 rings (SSSR count). The zero-order valence-corrected chi connectivity index (χ0v) is 18.5. The molecule has 0 spiro atoms. The fourth-order valence-electron chi connectivity index (χ4n) is 7.83. The highest BCUT2D eigenvalue weighted by Crippen LogP contribution is 2.60. The lowest BCUT2D eigenvalue weighted by molar-refractivity contribution is -0.771. The van der Waals surface area contributed by atoms with E-state index < -0.39 is 0 Å². The van der Waals surface area contributed by atoms with E-state index in [0.717, 1.165) is 18.3 Å². The SMILES string of the molecule is CCC1(C)c2cccc3c2-c2n(c4c([n+]2C1(C)CC)C1CCC4C1)C(C)(C)C3. The van der Waals surface area contributed by atoms with E-state index >= 15 is 0 Å². The second kappa shape index (κ2) is 4.94. The summed E-state index contributed by atoms with van der Waals surface area (Å²) in [6, 6.07) is 7.20. The molecular weight excluding hydrogens is 340 g/mol. The predicted octanol–water partition coefficient (Wildman–Crippen LogP) is 5.91. The van der Waals surface area contributed by atoms with Crippen LogP contribution < -0.4 is 4.57 Å². The highest BCUT2D eigenvalue weighted by Gasteiger charge is 2.63. The monoisotopic (exact) mass is 375 g/mol. The highest BCUT2D eigenvalue weighted by atomic mass is 15.3. The third-order valence-electron chi connectivity index (χ3n) is 9.65. The van der Waals surface area contributed by atoms with Gasteiger partial charge in [0.25, 0.3) is 5.82 Å². The van der Waals surface area contributed by atoms with E-state index in [1.165, 1.54) is 32.1 Å². The predicted molar refractivity (Wildman–Crippen MR) is 114 cm³/mol. The van der Waals surface area contributed by atoms with E-state index in [-0.39, 0.29) is 16.5 Å². The van der Waals surface area contributed by atoms with E-state index in [1.54, 1.807) is 33.9 Å². The number of aromatic nitrogens is 2. The molecule has 2 bridgehead atoms. The molecule has 0 saturated heterocycles. The van der Waals surface area contributed by atoms with Gasteiger partial charge in [-0.3, -0.25) is 0 Å². The fraction of sp³-hybridized carbons (Fsp3) is 0.654. The van der Waals surface area contributed by atoms with Gasteiger partial charge in [-0.2, -0.15) is 0 Å². The highest BCUT2D eigenvalue weighted by molar-refractivity contribution is 5.70. The first kappa shape index (κ1) is 17.3. The number of hydrogen-bond acceptors (Lipinski definition) is 0. The topological polar surface area (TPSA) is 8.81 Å². The quantitative estimate of drug-likeness (QED) is 0.577. The molecule has 4 aliphatic rings. The van der Waals surface area contributed by atoms with Gasteiger partial charge in [0, 0.05) is 23.7 Å². The molecule has 148 valence electrons. The molecule has 1 aromatic carbocycles. The molecule has 1 saturated carbocycles. The molecule has 0 radical (unpaired) electrons. The average Bonchev–Trinajstić information content (AvgIpc) is 3.36. The Hall–Kier alpha value is -1.57. The van der Waals surface area contributed by atoms with Gasteiger partial charge in [0.05, 0.1) is 5.56 Å². The third-order valence-corrected chi connectivity index (χ3v) is 9.65. The van der Waals surface area contributed by atoms with Crippen LogP contribution in [0.2, 0.25) is 0 Å². The number of nitrogens with zero attached hydrogens (tertiary/aromatic N) is 2. The minimum atomic E-state index is 0.135. The van der Waals surface area contributed by atoms with Gasteiger partial charge in [0.1, 0.15) is 22.5 Å². The van der Waals surface area contributed by atoms with Crippen LogP contribution in [0.1, 0.15) is 108 Å². The second-order valence-electron chi connectivity index (χ2n) is 11.1. The summed E-state index contributed by atoms with van der Waals surface area (Å²) in [6.07, 6.45) is 7.74. The second-order valence-corrected chi connectivity index (χ2v) is 11.1. The van der Waals surface area contributed by atoms with E-state index in [1.807, 2.05) is 0 Å². The molecule has 0 N–H and O–H groups in total. The van der Waals surface area contributed by atoms with Gasteiger partial charge in [-0.15, -0.1) is 0 Å². The lowest BCUT2D eigenvalue weighted by atomic mass is 9.60. The first-order chi connectivity index (χ1) is 13.3. The minimum absolute atomic E-state index is 0.135. The molecule has 2 aromatic rings. The summed E-state index contributed by atoms with van der Waals surface area (Å²) in [4.78, 5) is 0. The van der Waals surface area contributed by atoms with Crippen LogP contribution in [-0.2, 0) is 22.9 Å². The van der Waals surface area contributed by atoms with Crippen molar-refractivity contribution in [2.24, 2.45) is 0 Å². The van der Waals surface area contributed by atoms with Crippen molar-refractivity contribution in [3.63, 3.8) is 0 Å². The normalized spacial score (nSPS) is 35.8. The maximum absolute atomic E-state index is 2.91. The van der Waals surface area contributed by atoms with Crippen LogP contribution in [-0.4, -0.2) is 4.57 Å². The van der Waals surface area contributed by atoms with Crippen LogP contribution in [0.5, 0.6) is 0 Å². The zero-order valence-electron chi connectivity index (χ0n) is 18.5. The van der Waals surface area contributed by atoms with Crippen LogP contribution in [0.3, 0.4) is 0 Å². The van der Waals surface area contributed by atoms with Gasteiger partial charge in [0.2, 0.25) is 0 Å². The lowest BCUT2D eigenvalue weighted by Crippen LogP contribution is -2.69. The Kier molecular flexibility index (Phi) is 3.05. The van der Waals surface area contributed by atoms with E-state index in [0.29, 0.717) is 0 Å². The number of imidazole rings is 1. The van der Waals surface area contributed by atoms with Crippen molar-refractivity contribution in [3.8, 4) is 11.4 Å². The molecule has 3 heterocycles. The van der Waals surface area contributed by atoms with Crippen LogP contribution in [0.25, 0.3) is 11.4 Å². The molecule has 4 unspecified atom stereocenters. The van der Waals surface area contributed by atoms with E-state index in [2.05, 4.69) is 68.9 Å². The Morgan fingerprint density at radius 1 is 1.04 bits per heavy atom. The number of hydrogen-bond donors (Lipinski definition) is 0. The Balaban J connectivity index is 1.84. The molecule has 28 heavy (non-hydrogen) atoms. The summed E-state index contributed by atoms with van der Waals surface area (Å²) in [7, 11) is 0. The largest absolute Gasteiger partial charge is 0.290 e. The van der Waals surface area contributed by atoms with Crippen molar-refractivity contribution in [1.82, 2.24) is 4.57 Å². The van der Waals surface area contributed by atoms with Crippen molar-refractivity contribution >= 4 is 0 Å². The van der Waals surface area contributed by atoms with Crippen LogP contribution in [0.15, 0.2) is 18.2 Å². The smallest absolute Gasteiger partial charge is 0.221 e. The van der Waals surface area contributed by atoms with Crippen molar-refractivity contribution in [3.05, 3.63) is 40.7 Å². The van der Waals surface area contributed by atoms with Gasteiger partial charge >= 0.3 is 0 Å². The first-order valence-electron chi connectivity index (χ1n) is 11.6. The minimum Gasteiger partial charge on any atom is -0.221 e. The Labute approximate surface area is 170 Å². The maximum Gasteiger partial charge on any atom is 0.290 e. The van der Waals surface area contributed by atoms with Gasteiger partial charge in [0.15, 0.2) is 0 Å². The fourth-order valence-corrected chi connectivity index (χ4v) is 7.83. The summed E-state index contributed by atoms with van der Waals surface area (Å²) >= 11 is 0. The molecule has 1 aromatic heterocycles. The summed E-state index contributed by atoms with van der Waals surface area (Å²) in [5.41, 5.74) is 8.69. The van der Waals surface area contributed by atoms with Gasteiger partial charge in [-0.1, -0.05) is 39.0 Å². The van der Waals surface area contributed by atoms with E-state index in [9.17, 15) is 0 Å². The van der Waals surface area contributed by atoms with Crippen molar-refractivity contribution in [2.75, 3.05) is 0 Å². The summed E-state index contributed by atoms with van der Waals surface area (Å²) in [5.74, 6) is 3.13. The standard InChI is InChI=1S/C26H35N2/c1-7-25(5)19-11-9-10-18-15-24(3,4)27-21-16-12-13-17(14-16)22(21)28(23(27)20(18)19)26(25,6)8-2/h9-11,16-17H,7-8,12-15H2,1-6H3/q+1. The molecule has 2 aliphatic carbocycles. The Morgan fingerprint density at radius 2 is 1.79 bits per heavy atom. The van der Waals surface area contributed by atoms with Crippen LogP contribution in [0, 0.1) is 0 Å². The molecule has 2 nitrogen and oxygen atoms in total. The van der Waals surface area contributed by atoms with E-state index in [4.69, 9.17) is 0 Å². The van der Waals surface area contributed by atoms with Crippen molar-refractivity contribution in [2.45, 2.75) is 108 Å². The molecule has 2 heteroatoms. The molecule has 0 amide bonds. The molecular formula is C26H35N2+. The molecule has 1 fully saturated rings. The number of benzene rings is 1. The van der Waals surface area contributed by atoms with Gasteiger partial charge in [-0.25, -0.2) is 9.13 Å². The van der Waals surface area contributed by atoms with Crippen molar-refractivity contribution in [1.29, 1.82) is 0 Å². The maximum atomic E-state index is 2.91.